The number of fused-ring (bicyclic) bond motifs is 5. The topological polar surface area (TPSA) is 36.9 Å². The molecule has 1 aliphatic carbocycles. The number of ether oxygens (including phenoxy) is 1. The average molecular weight is 471 g/mol. The Bertz CT molecular complexity index is 673. The maximum atomic E-state index is 13.2. The van der Waals surface area contributed by atoms with Crippen molar-refractivity contribution in [2.24, 2.45) is 16.8 Å². The molecule has 1 saturated carbocycles. The zero-order valence-corrected chi connectivity index (χ0v) is 17.5. The van der Waals surface area contributed by atoms with Crippen molar-refractivity contribution in [2.45, 2.75) is 43.3 Å². The molecule has 0 radical (unpaired) electrons. The van der Waals surface area contributed by atoms with Gasteiger partial charge in [-0.15, -0.1) is 24.0 Å². The van der Waals surface area contributed by atoms with Gasteiger partial charge in [-0.1, -0.05) is 12.1 Å². The first-order valence-electron chi connectivity index (χ1n) is 9.56. The number of nitrogens with zero attached hydrogens (tertiary/aromatic N) is 2. The van der Waals surface area contributed by atoms with Gasteiger partial charge in [-0.25, -0.2) is 4.39 Å². The van der Waals surface area contributed by atoms with Gasteiger partial charge >= 0.3 is 0 Å². The van der Waals surface area contributed by atoms with Crippen molar-refractivity contribution in [3.05, 3.63) is 35.6 Å². The lowest BCUT2D eigenvalue weighted by Crippen LogP contribution is -2.44. The monoisotopic (exact) mass is 471 g/mol. The molecule has 4 unspecified atom stereocenters. The fraction of sp³-hybridized carbons (Fsp3) is 0.650. The third kappa shape index (κ3) is 3.03. The van der Waals surface area contributed by atoms with E-state index in [0.29, 0.717) is 24.0 Å². The highest BCUT2D eigenvalue weighted by Gasteiger charge is 2.53. The highest BCUT2D eigenvalue weighted by atomic mass is 127. The summed E-state index contributed by atoms with van der Waals surface area (Å²) in [4.78, 5) is 6.96. The van der Waals surface area contributed by atoms with Gasteiger partial charge in [0, 0.05) is 43.9 Å². The van der Waals surface area contributed by atoms with Crippen LogP contribution in [-0.2, 0) is 10.2 Å². The molecule has 3 saturated heterocycles. The van der Waals surface area contributed by atoms with E-state index in [9.17, 15) is 4.39 Å². The van der Waals surface area contributed by atoms with E-state index in [0.717, 1.165) is 38.4 Å². The van der Waals surface area contributed by atoms with Gasteiger partial charge in [0.05, 0.1) is 12.2 Å². The number of likely N-dealkylation sites (tertiary alicyclic amines) is 1. The Balaban J connectivity index is 0.00000168. The Morgan fingerprint density at radius 2 is 1.81 bits per heavy atom. The number of hydrogen-bond acceptors (Lipinski definition) is 2. The molecule has 2 bridgehead atoms. The van der Waals surface area contributed by atoms with Crippen molar-refractivity contribution in [2.75, 3.05) is 26.7 Å². The van der Waals surface area contributed by atoms with Crippen molar-refractivity contribution in [3.63, 3.8) is 0 Å². The highest BCUT2D eigenvalue weighted by Crippen LogP contribution is 2.48. The number of hydrogen-bond donors (Lipinski definition) is 1. The van der Waals surface area contributed by atoms with Crippen molar-refractivity contribution in [1.29, 1.82) is 0 Å². The number of aliphatic imine (C=N–C) groups is 1. The van der Waals surface area contributed by atoms with Crippen molar-refractivity contribution >= 4 is 29.9 Å². The smallest absolute Gasteiger partial charge is 0.193 e. The number of halogens is 2. The Hall–Kier alpha value is -0.890. The summed E-state index contributed by atoms with van der Waals surface area (Å²) < 4.78 is 19.3. The molecule has 6 heteroatoms. The van der Waals surface area contributed by atoms with Crippen LogP contribution in [0.25, 0.3) is 0 Å². The van der Waals surface area contributed by atoms with Gasteiger partial charge in [-0.05, 0) is 43.4 Å². The van der Waals surface area contributed by atoms with Crippen molar-refractivity contribution < 1.29 is 9.13 Å². The summed E-state index contributed by atoms with van der Waals surface area (Å²) in [6.07, 6.45) is 5.75. The van der Waals surface area contributed by atoms with Crippen LogP contribution < -0.4 is 5.32 Å². The lowest BCUT2D eigenvalue weighted by molar-refractivity contribution is 0.0767. The van der Waals surface area contributed by atoms with Crippen LogP contribution in [0.5, 0.6) is 0 Å². The van der Waals surface area contributed by atoms with Crippen LogP contribution in [0.4, 0.5) is 4.39 Å². The lowest BCUT2D eigenvalue weighted by Gasteiger charge is -2.25. The molecule has 0 amide bonds. The quantitative estimate of drug-likeness (QED) is 0.418. The third-order valence-electron chi connectivity index (χ3n) is 6.86. The summed E-state index contributed by atoms with van der Waals surface area (Å²) in [6, 6.07) is 7.01. The summed E-state index contributed by atoms with van der Waals surface area (Å²) >= 11 is 0. The second-order valence-corrected chi connectivity index (χ2v) is 8.21. The lowest BCUT2D eigenvalue weighted by atomic mass is 9.82. The molecule has 3 heterocycles. The number of nitrogens with one attached hydrogen (secondary N) is 1. The molecule has 4 atom stereocenters. The van der Waals surface area contributed by atoms with Crippen LogP contribution in [0.3, 0.4) is 0 Å². The Labute approximate surface area is 171 Å². The second-order valence-electron chi connectivity index (χ2n) is 8.21. The number of rotatable bonds is 3. The first-order chi connectivity index (χ1) is 12.2. The van der Waals surface area contributed by atoms with E-state index in [2.05, 4.69) is 15.2 Å². The van der Waals surface area contributed by atoms with Gasteiger partial charge < -0.3 is 15.0 Å². The molecule has 5 rings (SSSR count). The number of guanidine groups is 1. The minimum atomic E-state index is -0.163. The SMILES string of the molecule is CN=C(NCC1(c2ccc(F)cc2)CC1)N1CC2C3CCC(O3)C2C1.I. The zero-order valence-electron chi connectivity index (χ0n) is 15.2. The van der Waals surface area contributed by atoms with E-state index in [1.54, 1.807) is 12.1 Å². The molecule has 142 valence electrons. The van der Waals surface area contributed by atoms with Gasteiger partial charge in [-0.3, -0.25) is 4.99 Å². The van der Waals surface area contributed by atoms with Crippen LogP contribution in [0, 0.1) is 17.7 Å². The van der Waals surface area contributed by atoms with Crippen molar-refractivity contribution in [1.82, 2.24) is 10.2 Å². The molecule has 4 fully saturated rings. The van der Waals surface area contributed by atoms with Gasteiger partial charge in [0.15, 0.2) is 5.96 Å². The predicted molar refractivity (Wildman–Crippen MR) is 111 cm³/mol. The van der Waals surface area contributed by atoms with Gasteiger partial charge in [-0.2, -0.15) is 0 Å². The van der Waals surface area contributed by atoms with Crippen LogP contribution in [0.1, 0.15) is 31.2 Å². The van der Waals surface area contributed by atoms with Gasteiger partial charge in [0.25, 0.3) is 0 Å². The van der Waals surface area contributed by atoms with E-state index < -0.39 is 0 Å². The molecule has 4 aliphatic rings. The second kappa shape index (κ2) is 6.93. The third-order valence-corrected chi connectivity index (χ3v) is 6.86. The molecule has 0 aromatic heterocycles. The summed E-state index contributed by atoms with van der Waals surface area (Å²) in [5.74, 6) is 2.22. The van der Waals surface area contributed by atoms with Crippen LogP contribution in [-0.4, -0.2) is 49.7 Å². The van der Waals surface area contributed by atoms with Gasteiger partial charge in [0.2, 0.25) is 0 Å². The first-order valence-corrected chi connectivity index (χ1v) is 9.56. The summed E-state index contributed by atoms with van der Waals surface area (Å²) in [5.41, 5.74) is 1.39. The Morgan fingerprint density at radius 3 is 2.35 bits per heavy atom. The van der Waals surface area contributed by atoms with E-state index in [4.69, 9.17) is 4.74 Å². The summed E-state index contributed by atoms with van der Waals surface area (Å²) in [5, 5.41) is 3.61. The van der Waals surface area contributed by atoms with Crippen LogP contribution in [0.15, 0.2) is 29.3 Å². The maximum absolute atomic E-state index is 13.2. The zero-order chi connectivity index (χ0) is 17.0. The largest absolute Gasteiger partial charge is 0.374 e. The minimum absolute atomic E-state index is 0. The van der Waals surface area contributed by atoms with E-state index in [-0.39, 0.29) is 35.2 Å². The molecule has 3 aliphatic heterocycles. The van der Waals surface area contributed by atoms with Crippen molar-refractivity contribution in [3.8, 4) is 0 Å². The number of benzene rings is 1. The average Bonchev–Trinajstić information content (AvgIpc) is 2.99. The predicted octanol–water partition coefficient (Wildman–Crippen LogP) is 3.16. The van der Waals surface area contributed by atoms with Crippen LogP contribution >= 0.6 is 24.0 Å². The molecule has 1 N–H and O–H groups in total. The maximum Gasteiger partial charge on any atom is 0.193 e. The minimum Gasteiger partial charge on any atom is -0.374 e. The van der Waals surface area contributed by atoms with E-state index in [1.807, 2.05) is 19.2 Å². The molecule has 26 heavy (non-hydrogen) atoms. The Morgan fingerprint density at radius 1 is 1.19 bits per heavy atom. The summed E-state index contributed by atoms with van der Waals surface area (Å²) in [6.45, 7) is 3.00. The molecule has 0 spiro atoms. The molecule has 1 aromatic carbocycles. The Kier molecular flexibility index (Phi) is 4.92. The van der Waals surface area contributed by atoms with E-state index in [1.165, 1.54) is 18.4 Å². The van der Waals surface area contributed by atoms with E-state index >= 15 is 0 Å². The standard InChI is InChI=1S/C20H26FN3O.HI/c1-22-19(24-10-15-16(11-24)18-7-6-17(15)25-18)23-12-20(8-9-20)13-2-4-14(21)5-3-13;/h2-5,15-18H,6-12H2,1H3,(H,22,23);1H. The van der Waals surface area contributed by atoms with Gasteiger partial charge in [0.1, 0.15) is 5.82 Å². The molecule has 4 nitrogen and oxygen atoms in total. The fourth-order valence-electron chi connectivity index (χ4n) is 5.24. The molecular formula is C20H27FIN3O. The normalized spacial score (nSPS) is 33.8. The van der Waals surface area contributed by atoms with Crippen LogP contribution in [0.2, 0.25) is 0 Å². The fourth-order valence-corrected chi connectivity index (χ4v) is 5.24. The molecule has 1 aromatic rings. The summed E-state index contributed by atoms with van der Waals surface area (Å²) in [7, 11) is 1.87. The first kappa shape index (κ1) is 18.5. The highest BCUT2D eigenvalue weighted by molar-refractivity contribution is 14.0. The molecular weight excluding hydrogens is 444 g/mol.